The Balaban J connectivity index is 0. The number of hydrogen-bond acceptors (Lipinski definition) is 3. The highest BCUT2D eigenvalue weighted by atomic mass is 16.4. The van der Waals surface area contributed by atoms with E-state index in [-0.39, 0.29) is 0 Å². The van der Waals surface area contributed by atoms with E-state index in [0.717, 1.165) is 25.5 Å². The van der Waals surface area contributed by atoms with Gasteiger partial charge in [0.15, 0.2) is 0 Å². The Hall–Kier alpha value is -1.39. The summed E-state index contributed by atoms with van der Waals surface area (Å²) in [5.41, 5.74) is 0. The number of hydrogen-bond donors (Lipinski definition) is 2. The molecule has 0 aliphatic rings. The van der Waals surface area contributed by atoms with Crippen LogP contribution in [0.1, 0.15) is 32.6 Å². The van der Waals surface area contributed by atoms with Crippen LogP contribution in [0.5, 0.6) is 0 Å². The summed E-state index contributed by atoms with van der Waals surface area (Å²) in [5.74, 6) is -2.62. The molecule has 0 rings (SSSR count). The Morgan fingerprint density at radius 2 is 1.69 bits per heavy atom. The highest BCUT2D eigenvalue weighted by molar-refractivity contribution is 5.88. The normalized spacial score (nSPS) is 8.08. The lowest BCUT2D eigenvalue weighted by Gasteiger charge is -1.80. The Bertz CT molecular complexity index is 152. The van der Waals surface area contributed by atoms with Crippen molar-refractivity contribution in [2.24, 2.45) is 0 Å². The highest BCUT2D eigenvalue weighted by Crippen LogP contribution is 1.87. The second-order valence-electron chi connectivity index (χ2n) is 2.27. The van der Waals surface area contributed by atoms with E-state index in [1.165, 1.54) is 0 Å². The van der Waals surface area contributed by atoms with Crippen molar-refractivity contribution in [3.63, 3.8) is 0 Å². The number of rotatable bonds is 5. The second kappa shape index (κ2) is 10.6. The minimum atomic E-state index is -1.31. The lowest BCUT2D eigenvalue weighted by Crippen LogP contribution is -2.03. The van der Waals surface area contributed by atoms with Crippen molar-refractivity contribution in [3.8, 4) is 0 Å². The molecule has 5 heteroatoms. The molecule has 0 saturated heterocycles. The summed E-state index contributed by atoms with van der Waals surface area (Å²) in [6, 6.07) is 0. The van der Waals surface area contributed by atoms with E-state index in [1.54, 1.807) is 0 Å². The predicted octanol–water partition coefficient (Wildman–Crippen LogP) is 0.921. The van der Waals surface area contributed by atoms with Crippen LogP contribution in [0.4, 0.5) is 0 Å². The molecule has 76 valence electrons. The molecule has 0 aromatic rings. The highest BCUT2D eigenvalue weighted by Gasteiger charge is 2.01. The number of carbonyl (C=O) groups excluding carboxylic acids is 1. The van der Waals surface area contributed by atoms with Gasteiger partial charge in [0.05, 0.1) is 0 Å². The molecule has 13 heavy (non-hydrogen) atoms. The molecular weight excluding hydrogens is 176 g/mol. The molecule has 2 N–H and O–H groups in total. The van der Waals surface area contributed by atoms with E-state index < -0.39 is 18.4 Å². The maximum Gasteiger partial charge on any atom is 0.314 e. The smallest absolute Gasteiger partial charge is 0.314 e. The summed E-state index contributed by atoms with van der Waals surface area (Å²) in [4.78, 5) is 28.4. The average molecular weight is 190 g/mol. The minimum absolute atomic E-state index is 0.733. The first-order valence-electron chi connectivity index (χ1n) is 3.91. The van der Waals surface area contributed by atoms with Crippen LogP contribution in [-0.4, -0.2) is 28.4 Å². The number of unbranched alkanes of at least 4 members (excludes halogenated alkanes) is 2. The van der Waals surface area contributed by atoms with Gasteiger partial charge in [0, 0.05) is 6.42 Å². The predicted molar refractivity (Wildman–Crippen MR) is 45.5 cm³/mol. The Kier molecular flexibility index (Phi) is 11.6. The molecule has 0 radical (unpaired) electrons. The van der Waals surface area contributed by atoms with Crippen LogP contribution in [-0.2, 0) is 14.4 Å². The largest absolute Gasteiger partial charge is 0.481 e. The van der Waals surface area contributed by atoms with E-state index in [0.29, 0.717) is 0 Å². The van der Waals surface area contributed by atoms with Crippen LogP contribution < -0.4 is 0 Å². The first kappa shape index (κ1) is 14.2. The molecule has 0 bridgehead atoms. The fourth-order valence-corrected chi connectivity index (χ4v) is 0.417. The lowest BCUT2D eigenvalue weighted by atomic mass is 10.3. The third-order valence-corrected chi connectivity index (χ3v) is 0.978. The summed E-state index contributed by atoms with van der Waals surface area (Å²) < 4.78 is 0. The van der Waals surface area contributed by atoms with Crippen molar-refractivity contribution in [2.75, 3.05) is 0 Å². The molecular formula is C8H14O5. The number of carboxylic acids is 2. The number of carbonyl (C=O) groups is 3. The van der Waals surface area contributed by atoms with Gasteiger partial charge in [-0.3, -0.25) is 9.59 Å². The molecule has 0 atom stereocenters. The number of aldehydes is 1. The van der Waals surface area contributed by atoms with Crippen molar-refractivity contribution in [1.29, 1.82) is 0 Å². The van der Waals surface area contributed by atoms with Gasteiger partial charge in [-0.05, 0) is 6.42 Å². The van der Waals surface area contributed by atoms with Gasteiger partial charge >= 0.3 is 11.9 Å². The van der Waals surface area contributed by atoms with Crippen molar-refractivity contribution in [3.05, 3.63) is 0 Å². The van der Waals surface area contributed by atoms with Gasteiger partial charge < -0.3 is 15.0 Å². The van der Waals surface area contributed by atoms with Gasteiger partial charge in [-0.1, -0.05) is 13.3 Å². The van der Waals surface area contributed by atoms with Crippen LogP contribution in [0.3, 0.4) is 0 Å². The first-order chi connectivity index (χ1) is 6.04. The van der Waals surface area contributed by atoms with Gasteiger partial charge in [-0.25, -0.2) is 0 Å². The molecule has 0 unspecified atom stereocenters. The third kappa shape index (κ3) is 25.0. The molecule has 0 heterocycles. The topological polar surface area (TPSA) is 91.7 Å². The minimum Gasteiger partial charge on any atom is -0.481 e. The zero-order chi connectivity index (χ0) is 10.7. The van der Waals surface area contributed by atoms with E-state index in [9.17, 15) is 14.4 Å². The summed E-state index contributed by atoms with van der Waals surface area (Å²) in [6.45, 7) is 2.07. The summed E-state index contributed by atoms with van der Waals surface area (Å²) in [7, 11) is 0. The number of carboxylic acid groups (broad SMARTS) is 2. The first-order valence-corrected chi connectivity index (χ1v) is 3.91. The third-order valence-electron chi connectivity index (χ3n) is 0.978. The Morgan fingerprint density at radius 3 is 1.77 bits per heavy atom. The van der Waals surface area contributed by atoms with E-state index in [1.807, 2.05) is 0 Å². The van der Waals surface area contributed by atoms with Gasteiger partial charge in [-0.15, -0.1) is 0 Å². The van der Waals surface area contributed by atoms with Gasteiger partial charge in [0.2, 0.25) is 0 Å². The average Bonchev–Trinajstić information content (AvgIpc) is 1.99. The standard InChI is InChI=1S/C5H10O.C3H4O4/c1-2-3-4-5-6;4-2(5)1-3(6)7/h5H,2-4H2,1H3;1H2,(H,4,5)(H,6,7). The van der Waals surface area contributed by atoms with Crippen LogP contribution in [0, 0.1) is 0 Å². The van der Waals surface area contributed by atoms with Crippen LogP contribution in [0.2, 0.25) is 0 Å². The Labute approximate surface area is 76.4 Å². The maximum absolute atomic E-state index is 9.56. The van der Waals surface area contributed by atoms with Gasteiger partial charge in [-0.2, -0.15) is 0 Å². The quantitative estimate of drug-likeness (QED) is 0.382. The molecule has 0 saturated carbocycles. The zero-order valence-corrected chi connectivity index (χ0v) is 7.52. The number of aliphatic carboxylic acids is 2. The summed E-state index contributed by atoms with van der Waals surface area (Å²) >= 11 is 0. The van der Waals surface area contributed by atoms with Crippen molar-refractivity contribution in [1.82, 2.24) is 0 Å². The molecule has 5 nitrogen and oxygen atoms in total. The van der Waals surface area contributed by atoms with E-state index in [2.05, 4.69) is 6.92 Å². The zero-order valence-electron chi connectivity index (χ0n) is 7.52. The molecule has 0 aliphatic carbocycles. The SMILES string of the molecule is CCCCC=O.O=C(O)CC(=O)O. The van der Waals surface area contributed by atoms with Crippen molar-refractivity contribution in [2.45, 2.75) is 32.6 Å². The van der Waals surface area contributed by atoms with Crippen LogP contribution in [0.15, 0.2) is 0 Å². The molecule has 0 aromatic carbocycles. The molecule has 0 aromatic heterocycles. The van der Waals surface area contributed by atoms with Crippen LogP contribution in [0.25, 0.3) is 0 Å². The maximum atomic E-state index is 9.56. The molecule has 0 aliphatic heterocycles. The van der Waals surface area contributed by atoms with Crippen molar-refractivity contribution < 1.29 is 24.6 Å². The lowest BCUT2D eigenvalue weighted by molar-refractivity contribution is -0.147. The van der Waals surface area contributed by atoms with Crippen LogP contribution >= 0.6 is 0 Å². The molecule has 0 amide bonds. The van der Waals surface area contributed by atoms with E-state index >= 15 is 0 Å². The Morgan fingerprint density at radius 1 is 1.23 bits per heavy atom. The van der Waals surface area contributed by atoms with E-state index in [4.69, 9.17) is 10.2 Å². The van der Waals surface area contributed by atoms with Gasteiger partial charge in [0.25, 0.3) is 0 Å². The molecule has 0 spiro atoms. The summed E-state index contributed by atoms with van der Waals surface area (Å²) in [6.07, 6.45) is 3.06. The van der Waals surface area contributed by atoms with Crippen molar-refractivity contribution >= 4 is 18.2 Å². The monoisotopic (exact) mass is 190 g/mol. The fourth-order valence-electron chi connectivity index (χ4n) is 0.417. The summed E-state index contributed by atoms with van der Waals surface area (Å²) in [5, 5.41) is 15.4. The molecule has 0 fully saturated rings. The fraction of sp³-hybridized carbons (Fsp3) is 0.625. The van der Waals surface area contributed by atoms with Gasteiger partial charge in [0.1, 0.15) is 12.7 Å². The second-order valence-corrected chi connectivity index (χ2v) is 2.27.